The van der Waals surface area contributed by atoms with Crippen molar-refractivity contribution in [2.75, 3.05) is 0 Å². The summed E-state index contributed by atoms with van der Waals surface area (Å²) in [5.41, 5.74) is 1.17. The summed E-state index contributed by atoms with van der Waals surface area (Å²) < 4.78 is 0. The van der Waals surface area contributed by atoms with Crippen LogP contribution in [0.25, 0.3) is 0 Å². The fourth-order valence-electron chi connectivity index (χ4n) is 0.143. The van der Waals surface area contributed by atoms with Crippen LogP contribution in [0.15, 0.2) is 24.3 Å². The van der Waals surface area contributed by atoms with Crippen molar-refractivity contribution in [1.82, 2.24) is 0 Å². The van der Waals surface area contributed by atoms with Gasteiger partial charge in [0.25, 0.3) is 0 Å². The van der Waals surface area contributed by atoms with Gasteiger partial charge < -0.3 is 11.6 Å². The van der Waals surface area contributed by atoms with Crippen molar-refractivity contribution in [2.24, 2.45) is 0 Å². The van der Waals surface area contributed by atoms with E-state index in [1.807, 2.05) is 13.8 Å². The zero-order chi connectivity index (χ0) is 10.1. The topological polar surface area (TPSA) is 74.6 Å². The standard InChI is InChI=1S/C4H4O4.C4H8.Na.H/c5-3(6)1-2-4(7)8;1-4(2)3;;/h1-2H,(H,5,6)(H,7,8);1H2,2-3H3;;/q;;+1;-1/b2-1-;;;. The van der Waals surface area contributed by atoms with E-state index in [2.05, 4.69) is 6.58 Å². The van der Waals surface area contributed by atoms with Crippen molar-refractivity contribution in [3.63, 3.8) is 0 Å². The summed E-state index contributed by atoms with van der Waals surface area (Å²) >= 11 is 0. The Balaban J connectivity index is -0.0000000733. The molecule has 0 aromatic rings. The minimum atomic E-state index is -1.26. The zero-order valence-electron chi connectivity index (χ0n) is 9.07. The van der Waals surface area contributed by atoms with Crippen LogP contribution in [0.5, 0.6) is 0 Å². The van der Waals surface area contributed by atoms with Crippen molar-refractivity contribution in [3.8, 4) is 0 Å². The van der Waals surface area contributed by atoms with Gasteiger partial charge in [-0.3, -0.25) is 0 Å². The molecule has 0 spiro atoms. The van der Waals surface area contributed by atoms with Crippen LogP contribution in [-0.4, -0.2) is 22.2 Å². The normalized spacial score (nSPS) is 7.85. The van der Waals surface area contributed by atoms with E-state index in [1.54, 1.807) is 0 Å². The molecule has 0 aromatic carbocycles. The van der Waals surface area contributed by atoms with Gasteiger partial charge in [0.1, 0.15) is 0 Å². The van der Waals surface area contributed by atoms with Crippen molar-refractivity contribution in [3.05, 3.63) is 24.3 Å². The van der Waals surface area contributed by atoms with E-state index in [0.29, 0.717) is 12.2 Å². The van der Waals surface area contributed by atoms with Crippen molar-refractivity contribution in [2.45, 2.75) is 13.8 Å². The third-order valence-corrected chi connectivity index (χ3v) is 0.368. The van der Waals surface area contributed by atoms with Gasteiger partial charge in [0.2, 0.25) is 0 Å². The second-order valence-electron chi connectivity index (χ2n) is 2.22. The molecule has 0 saturated carbocycles. The zero-order valence-corrected chi connectivity index (χ0v) is 10.1. The van der Waals surface area contributed by atoms with Crippen molar-refractivity contribution in [1.29, 1.82) is 0 Å². The Kier molecular flexibility index (Phi) is 16.0. The molecular weight excluding hydrogens is 183 g/mol. The largest absolute Gasteiger partial charge is 1.00 e. The summed E-state index contributed by atoms with van der Waals surface area (Å²) in [5, 5.41) is 15.6. The number of rotatable bonds is 2. The van der Waals surface area contributed by atoms with Gasteiger partial charge in [-0.2, -0.15) is 0 Å². The third kappa shape index (κ3) is 51.9. The number of allylic oxidation sites excluding steroid dienone is 1. The maximum atomic E-state index is 9.55. The quantitative estimate of drug-likeness (QED) is 0.317. The van der Waals surface area contributed by atoms with E-state index < -0.39 is 11.9 Å². The molecule has 0 heterocycles. The van der Waals surface area contributed by atoms with Gasteiger partial charge in [-0.15, -0.1) is 6.58 Å². The average Bonchev–Trinajstić information content (AvgIpc) is 1.82. The second kappa shape index (κ2) is 11.4. The molecule has 70 valence electrons. The van der Waals surface area contributed by atoms with Gasteiger partial charge in [-0.05, 0) is 13.8 Å². The first-order chi connectivity index (χ1) is 5.36. The molecule has 0 aliphatic rings. The minimum Gasteiger partial charge on any atom is -1.00 e. The predicted molar refractivity (Wildman–Crippen MR) is 46.0 cm³/mol. The molecule has 0 aromatic heterocycles. The molecule has 0 fully saturated rings. The fourth-order valence-corrected chi connectivity index (χ4v) is 0.143. The summed E-state index contributed by atoms with van der Waals surface area (Å²) in [4.78, 5) is 19.1. The summed E-state index contributed by atoms with van der Waals surface area (Å²) in [6.45, 7) is 7.50. The first kappa shape index (κ1) is 18.3. The van der Waals surface area contributed by atoms with E-state index in [1.165, 1.54) is 5.57 Å². The minimum absolute atomic E-state index is 0. The van der Waals surface area contributed by atoms with E-state index in [4.69, 9.17) is 10.2 Å². The Bertz CT molecular complexity index is 193. The van der Waals surface area contributed by atoms with Gasteiger partial charge in [0.05, 0.1) is 0 Å². The summed E-state index contributed by atoms with van der Waals surface area (Å²) in [6, 6.07) is 0. The Labute approximate surface area is 101 Å². The van der Waals surface area contributed by atoms with Crippen LogP contribution >= 0.6 is 0 Å². The number of carboxylic acid groups (broad SMARTS) is 2. The number of aliphatic carboxylic acids is 2. The molecule has 4 nitrogen and oxygen atoms in total. The van der Waals surface area contributed by atoms with Crippen LogP contribution in [-0.2, 0) is 9.59 Å². The van der Waals surface area contributed by atoms with E-state index >= 15 is 0 Å². The number of hydrogen-bond donors (Lipinski definition) is 2. The monoisotopic (exact) mass is 196 g/mol. The fraction of sp³-hybridized carbons (Fsp3) is 0.250. The van der Waals surface area contributed by atoms with Gasteiger partial charge in [0.15, 0.2) is 0 Å². The number of carbonyl (C=O) groups is 2. The first-order valence-corrected chi connectivity index (χ1v) is 3.12. The Morgan fingerprint density at radius 2 is 1.31 bits per heavy atom. The molecule has 2 N–H and O–H groups in total. The summed E-state index contributed by atoms with van der Waals surface area (Å²) in [6.07, 6.45) is 1.12. The van der Waals surface area contributed by atoms with Crippen molar-refractivity contribution < 1.29 is 50.8 Å². The van der Waals surface area contributed by atoms with Gasteiger partial charge >= 0.3 is 41.5 Å². The first-order valence-electron chi connectivity index (χ1n) is 3.12. The molecule has 0 radical (unpaired) electrons. The number of hydrogen-bond acceptors (Lipinski definition) is 2. The second-order valence-corrected chi connectivity index (χ2v) is 2.22. The average molecular weight is 196 g/mol. The van der Waals surface area contributed by atoms with Crippen LogP contribution < -0.4 is 29.6 Å². The SMILES string of the molecule is C=C(C)C.O=C(O)/C=C\C(=O)O.[H-].[Na+]. The molecule has 0 unspecified atom stereocenters. The molecule has 5 heteroatoms. The van der Waals surface area contributed by atoms with Crippen LogP contribution in [0.4, 0.5) is 0 Å². The molecule has 0 saturated heterocycles. The smallest absolute Gasteiger partial charge is 1.00 e. The molecular formula is C8H13NaO4. The van der Waals surface area contributed by atoms with Gasteiger partial charge in [-0.1, -0.05) is 5.57 Å². The van der Waals surface area contributed by atoms with Gasteiger partial charge in [-0.25, -0.2) is 9.59 Å². The summed E-state index contributed by atoms with van der Waals surface area (Å²) in [7, 11) is 0. The maximum absolute atomic E-state index is 9.55. The molecule has 0 atom stereocenters. The predicted octanol–water partition coefficient (Wildman–Crippen LogP) is -1.59. The van der Waals surface area contributed by atoms with Crippen LogP contribution in [0, 0.1) is 0 Å². The van der Waals surface area contributed by atoms with E-state index in [9.17, 15) is 9.59 Å². The molecule has 0 amide bonds. The van der Waals surface area contributed by atoms with Crippen LogP contribution in [0.1, 0.15) is 15.3 Å². The maximum Gasteiger partial charge on any atom is 1.00 e. The molecule has 13 heavy (non-hydrogen) atoms. The molecule has 0 aliphatic carbocycles. The van der Waals surface area contributed by atoms with Crippen LogP contribution in [0.2, 0.25) is 0 Å². The van der Waals surface area contributed by atoms with E-state index in [-0.39, 0.29) is 31.0 Å². The Hall–Kier alpha value is -0.580. The molecule has 0 aliphatic heterocycles. The Morgan fingerprint density at radius 1 is 1.15 bits per heavy atom. The number of carboxylic acids is 2. The van der Waals surface area contributed by atoms with Crippen molar-refractivity contribution >= 4 is 11.9 Å². The van der Waals surface area contributed by atoms with E-state index in [0.717, 1.165) is 0 Å². The Morgan fingerprint density at radius 3 is 1.38 bits per heavy atom. The molecule has 0 bridgehead atoms. The van der Waals surface area contributed by atoms with Crippen LogP contribution in [0.3, 0.4) is 0 Å². The summed E-state index contributed by atoms with van der Waals surface area (Å²) in [5.74, 6) is -2.51. The third-order valence-electron chi connectivity index (χ3n) is 0.368. The van der Waals surface area contributed by atoms with Gasteiger partial charge in [0, 0.05) is 12.2 Å². The molecule has 0 rings (SSSR count).